The van der Waals surface area contributed by atoms with Crippen LogP contribution in [-0.4, -0.2) is 25.8 Å². The number of fused-ring (bicyclic) bond motifs is 2. The maximum absolute atomic E-state index is 12.3. The molecule has 0 saturated carbocycles. The fraction of sp³-hybridized carbons (Fsp3) is 0.562. The molecule has 2 atom stereocenters. The lowest BCUT2D eigenvalue weighted by Crippen LogP contribution is -2.38. The fourth-order valence-electron chi connectivity index (χ4n) is 3.64. The van der Waals surface area contributed by atoms with Gasteiger partial charge in [0.1, 0.15) is 11.4 Å². The number of hydrogen-bond acceptors (Lipinski definition) is 4. The summed E-state index contributed by atoms with van der Waals surface area (Å²) in [6.45, 7) is 4.01. The van der Waals surface area contributed by atoms with Gasteiger partial charge in [-0.25, -0.2) is 4.79 Å². The van der Waals surface area contributed by atoms with Gasteiger partial charge >= 0.3 is 5.97 Å². The molecular weight excluding hydrogens is 256 g/mol. The van der Waals surface area contributed by atoms with Crippen LogP contribution in [0.25, 0.3) is 0 Å². The van der Waals surface area contributed by atoms with Crippen LogP contribution in [0.3, 0.4) is 0 Å². The highest BCUT2D eigenvalue weighted by molar-refractivity contribution is 5.86. The van der Waals surface area contributed by atoms with E-state index in [2.05, 4.69) is 6.07 Å². The third kappa shape index (κ3) is 1.43. The van der Waals surface area contributed by atoms with Crippen molar-refractivity contribution in [3.8, 4) is 5.75 Å². The molecule has 0 aromatic heterocycles. The van der Waals surface area contributed by atoms with E-state index in [-0.39, 0.29) is 11.9 Å². The van der Waals surface area contributed by atoms with Crippen LogP contribution >= 0.6 is 0 Å². The Morgan fingerprint density at radius 3 is 2.70 bits per heavy atom. The fourth-order valence-corrected chi connectivity index (χ4v) is 3.64. The van der Waals surface area contributed by atoms with Crippen LogP contribution in [0.5, 0.6) is 5.75 Å². The van der Waals surface area contributed by atoms with E-state index >= 15 is 0 Å². The number of carbonyl (C=O) groups is 1. The van der Waals surface area contributed by atoms with E-state index in [1.807, 2.05) is 26.0 Å². The van der Waals surface area contributed by atoms with E-state index in [0.29, 0.717) is 0 Å². The number of hydrogen-bond donors (Lipinski definition) is 0. The standard InChI is InChI=1S/C16H20O4/c1-10(2)16(14(17)19-4)15(20-16)8-7-11-5-6-12(18-3)9-13(11)15/h5-6,9-10H,7-8H2,1-4H3. The van der Waals surface area contributed by atoms with Crippen LogP contribution in [0.1, 0.15) is 31.4 Å². The monoisotopic (exact) mass is 276 g/mol. The second kappa shape index (κ2) is 4.22. The van der Waals surface area contributed by atoms with Crippen molar-refractivity contribution in [3.05, 3.63) is 29.3 Å². The van der Waals surface area contributed by atoms with Crippen LogP contribution in [-0.2, 0) is 26.3 Å². The van der Waals surface area contributed by atoms with Gasteiger partial charge in [-0.1, -0.05) is 19.9 Å². The van der Waals surface area contributed by atoms with Crippen molar-refractivity contribution in [3.63, 3.8) is 0 Å². The molecular formula is C16H20O4. The zero-order valence-electron chi connectivity index (χ0n) is 12.4. The van der Waals surface area contributed by atoms with Gasteiger partial charge in [0, 0.05) is 0 Å². The van der Waals surface area contributed by atoms with Crippen molar-refractivity contribution in [1.82, 2.24) is 0 Å². The number of ether oxygens (including phenoxy) is 3. The summed E-state index contributed by atoms with van der Waals surface area (Å²) in [6.07, 6.45) is 1.74. The lowest BCUT2D eigenvalue weighted by atomic mass is 9.80. The lowest BCUT2D eigenvalue weighted by Gasteiger charge is -2.19. The second-order valence-corrected chi connectivity index (χ2v) is 5.83. The number of rotatable bonds is 3. The van der Waals surface area contributed by atoms with Crippen molar-refractivity contribution >= 4 is 5.97 Å². The van der Waals surface area contributed by atoms with Crippen molar-refractivity contribution in [2.75, 3.05) is 14.2 Å². The molecule has 1 saturated heterocycles. The molecule has 1 heterocycles. The Balaban J connectivity index is 2.09. The Kier molecular flexibility index (Phi) is 2.83. The van der Waals surface area contributed by atoms with Crippen LogP contribution in [0.2, 0.25) is 0 Å². The number of benzene rings is 1. The van der Waals surface area contributed by atoms with Crippen molar-refractivity contribution < 1.29 is 19.0 Å². The van der Waals surface area contributed by atoms with Crippen molar-refractivity contribution in [2.24, 2.45) is 5.92 Å². The SMILES string of the molecule is COC(=O)C1(C(C)C)OC12CCc1ccc(OC)cc12. The summed E-state index contributed by atoms with van der Waals surface area (Å²) >= 11 is 0. The van der Waals surface area contributed by atoms with Gasteiger partial charge in [0.05, 0.1) is 14.2 Å². The number of epoxide rings is 1. The normalized spacial score (nSPS) is 30.4. The summed E-state index contributed by atoms with van der Waals surface area (Å²) in [5, 5.41) is 0. The Morgan fingerprint density at radius 1 is 1.35 bits per heavy atom. The minimum atomic E-state index is -0.848. The quantitative estimate of drug-likeness (QED) is 0.628. The predicted octanol–water partition coefficient (Wildman–Crippen LogP) is 2.43. The zero-order valence-corrected chi connectivity index (χ0v) is 12.4. The molecule has 1 spiro atoms. The van der Waals surface area contributed by atoms with Crippen LogP contribution in [0.15, 0.2) is 18.2 Å². The third-order valence-electron chi connectivity index (χ3n) is 4.69. The van der Waals surface area contributed by atoms with Crippen LogP contribution in [0.4, 0.5) is 0 Å². The first-order chi connectivity index (χ1) is 9.51. The molecule has 1 fully saturated rings. The molecule has 0 N–H and O–H groups in total. The van der Waals surface area contributed by atoms with Crippen LogP contribution < -0.4 is 4.74 Å². The van der Waals surface area contributed by atoms with Gasteiger partial charge in [-0.2, -0.15) is 0 Å². The number of esters is 1. The Morgan fingerprint density at radius 2 is 2.10 bits per heavy atom. The number of aryl methyl sites for hydroxylation is 1. The summed E-state index contributed by atoms with van der Waals surface area (Å²) < 4.78 is 16.4. The Labute approximate surface area is 119 Å². The maximum atomic E-state index is 12.3. The molecule has 0 amide bonds. The van der Waals surface area contributed by atoms with Gasteiger partial charge in [0.25, 0.3) is 0 Å². The molecule has 2 unspecified atom stereocenters. The van der Waals surface area contributed by atoms with Crippen molar-refractivity contribution in [1.29, 1.82) is 0 Å². The summed E-state index contributed by atoms with van der Waals surface area (Å²) in [7, 11) is 3.07. The van der Waals surface area contributed by atoms with E-state index in [0.717, 1.165) is 24.2 Å². The van der Waals surface area contributed by atoms with Gasteiger partial charge in [-0.3, -0.25) is 0 Å². The van der Waals surface area contributed by atoms with E-state index in [4.69, 9.17) is 14.2 Å². The highest BCUT2D eigenvalue weighted by Gasteiger charge is 2.78. The number of methoxy groups -OCH3 is 2. The largest absolute Gasteiger partial charge is 0.497 e. The first kappa shape index (κ1) is 13.4. The average Bonchev–Trinajstić information content (AvgIpc) is 3.02. The molecule has 20 heavy (non-hydrogen) atoms. The molecule has 108 valence electrons. The second-order valence-electron chi connectivity index (χ2n) is 5.83. The van der Waals surface area contributed by atoms with Gasteiger partial charge < -0.3 is 14.2 Å². The first-order valence-electron chi connectivity index (χ1n) is 6.98. The number of carbonyl (C=O) groups excluding carboxylic acids is 1. The molecule has 0 radical (unpaired) electrons. The Bertz CT molecular complexity index is 566. The highest BCUT2D eigenvalue weighted by atomic mass is 16.7. The van der Waals surface area contributed by atoms with E-state index in [1.54, 1.807) is 7.11 Å². The predicted molar refractivity (Wildman–Crippen MR) is 73.7 cm³/mol. The van der Waals surface area contributed by atoms with Gasteiger partial charge in [-0.15, -0.1) is 0 Å². The topological polar surface area (TPSA) is 48.1 Å². The third-order valence-corrected chi connectivity index (χ3v) is 4.69. The van der Waals surface area contributed by atoms with Crippen LogP contribution in [0, 0.1) is 5.92 Å². The van der Waals surface area contributed by atoms with E-state index in [1.165, 1.54) is 12.7 Å². The Hall–Kier alpha value is -1.55. The molecule has 1 aromatic carbocycles. The smallest absolute Gasteiger partial charge is 0.341 e. The molecule has 1 aromatic rings. The van der Waals surface area contributed by atoms with Crippen molar-refractivity contribution in [2.45, 2.75) is 37.9 Å². The molecule has 2 aliphatic rings. The van der Waals surface area contributed by atoms with E-state index < -0.39 is 11.2 Å². The molecule has 4 heteroatoms. The summed E-state index contributed by atoms with van der Waals surface area (Å²) in [5.41, 5.74) is 0.936. The van der Waals surface area contributed by atoms with Gasteiger partial charge in [0.2, 0.25) is 5.60 Å². The molecule has 1 aliphatic carbocycles. The molecule has 4 nitrogen and oxygen atoms in total. The molecule has 3 rings (SSSR count). The minimum Gasteiger partial charge on any atom is -0.497 e. The summed E-state index contributed by atoms with van der Waals surface area (Å²) in [5.74, 6) is 0.582. The summed E-state index contributed by atoms with van der Waals surface area (Å²) in [4.78, 5) is 12.3. The summed E-state index contributed by atoms with van der Waals surface area (Å²) in [6, 6.07) is 6.01. The van der Waals surface area contributed by atoms with Gasteiger partial charge in [-0.05, 0) is 42.0 Å². The minimum absolute atomic E-state index is 0.0621. The highest BCUT2D eigenvalue weighted by Crippen LogP contribution is 2.66. The maximum Gasteiger partial charge on any atom is 0.341 e. The lowest BCUT2D eigenvalue weighted by molar-refractivity contribution is -0.148. The molecule has 1 aliphatic heterocycles. The first-order valence-corrected chi connectivity index (χ1v) is 6.98. The van der Waals surface area contributed by atoms with E-state index in [9.17, 15) is 4.79 Å². The zero-order chi connectivity index (χ0) is 14.5. The molecule has 0 bridgehead atoms. The van der Waals surface area contributed by atoms with Gasteiger partial charge in [0.15, 0.2) is 0 Å². The average molecular weight is 276 g/mol.